The quantitative estimate of drug-likeness (QED) is 0.108. The van der Waals surface area contributed by atoms with E-state index in [9.17, 15) is 13.2 Å². The third-order valence-corrected chi connectivity index (χ3v) is 9.20. The van der Waals surface area contributed by atoms with Gasteiger partial charge in [0.2, 0.25) is 0 Å². The summed E-state index contributed by atoms with van der Waals surface area (Å²) in [6.45, 7) is 9.23. The smallest absolute Gasteiger partial charge is 0.323 e. The van der Waals surface area contributed by atoms with Crippen LogP contribution in [0.4, 0.5) is 10.5 Å². The third-order valence-electron chi connectivity index (χ3n) is 7.81. The van der Waals surface area contributed by atoms with Gasteiger partial charge in [0.1, 0.15) is 11.6 Å². The monoisotopic (exact) mass is 640 g/mol. The van der Waals surface area contributed by atoms with Crippen LogP contribution in [0.15, 0.2) is 102 Å². The lowest BCUT2D eigenvalue weighted by Crippen LogP contribution is -2.43. The second-order valence-corrected chi connectivity index (χ2v) is 13.9. The van der Waals surface area contributed by atoms with Gasteiger partial charge in [-0.15, -0.1) is 0 Å². The van der Waals surface area contributed by atoms with Crippen LogP contribution < -0.4 is 14.8 Å². The van der Waals surface area contributed by atoms with Gasteiger partial charge >= 0.3 is 6.03 Å². The summed E-state index contributed by atoms with van der Waals surface area (Å²) < 4.78 is 33.9. The number of nitrogens with zero attached hydrogens (tertiary/aromatic N) is 1. The normalized spacial score (nSPS) is 11.5. The number of benzene rings is 4. The summed E-state index contributed by atoms with van der Waals surface area (Å²) in [4.78, 5) is 14.5. The van der Waals surface area contributed by atoms with Gasteiger partial charge in [-0.25, -0.2) is 13.2 Å². The van der Waals surface area contributed by atoms with Gasteiger partial charge in [0.15, 0.2) is 0 Å². The summed E-state index contributed by atoms with van der Waals surface area (Å²) in [5.41, 5.74) is 5.58. The fourth-order valence-electron chi connectivity index (χ4n) is 5.08. The molecule has 0 radical (unpaired) electrons. The molecular formula is C37H44N4O4S. The van der Waals surface area contributed by atoms with Crippen molar-refractivity contribution in [2.75, 3.05) is 18.4 Å². The third kappa shape index (κ3) is 8.97. The Morgan fingerprint density at radius 3 is 2.11 bits per heavy atom. The molecule has 0 saturated heterocycles. The van der Waals surface area contributed by atoms with Gasteiger partial charge in [0.05, 0.1) is 17.7 Å². The zero-order valence-corrected chi connectivity index (χ0v) is 28.1. The molecule has 3 N–H and O–H groups in total. The molecule has 0 unspecified atom stereocenters. The van der Waals surface area contributed by atoms with Gasteiger partial charge in [0.25, 0.3) is 10.0 Å². The van der Waals surface area contributed by atoms with E-state index in [-0.39, 0.29) is 16.3 Å². The predicted molar refractivity (Wildman–Crippen MR) is 186 cm³/mol. The van der Waals surface area contributed by atoms with E-state index in [0.717, 1.165) is 35.1 Å². The molecule has 8 nitrogen and oxygen atoms in total. The highest BCUT2D eigenvalue weighted by Gasteiger charge is 2.18. The highest BCUT2D eigenvalue weighted by atomic mass is 32.2. The number of aryl methyl sites for hydroxylation is 1. The Balaban J connectivity index is 1.31. The molecule has 4 rings (SSSR count). The first-order valence-corrected chi connectivity index (χ1v) is 17.0. The Morgan fingerprint density at radius 2 is 1.50 bits per heavy atom. The molecule has 0 aliphatic rings. The maximum absolute atomic E-state index is 12.9. The highest BCUT2D eigenvalue weighted by molar-refractivity contribution is 7.92. The Hall–Kier alpha value is -4.63. The molecule has 0 saturated carbocycles. The standard InChI is InChI=1S/C37H44N4O4S/c1-6-41(36(42)39-26-28-17-22-31(23-18-28)37(2,3)4)35(38)14-10-11-27-15-19-29(20-16-27)30-21-24-34(45-5)33(25-30)40-46(43,44)32-12-8-7-9-13-32/h7-9,12-13,15-25,38,40H,6,10-11,14,26H2,1-5H3,(H,39,42). The number of ether oxygens (including phenoxy) is 1. The molecule has 0 fully saturated rings. The van der Waals surface area contributed by atoms with Crippen molar-refractivity contribution in [1.82, 2.24) is 10.2 Å². The summed E-state index contributed by atoms with van der Waals surface area (Å²) in [7, 11) is -2.28. The van der Waals surface area contributed by atoms with Gasteiger partial charge < -0.3 is 10.1 Å². The van der Waals surface area contributed by atoms with Crippen LogP contribution in [0.1, 0.15) is 57.2 Å². The van der Waals surface area contributed by atoms with Crippen LogP contribution in [-0.2, 0) is 28.4 Å². The molecule has 4 aromatic carbocycles. The summed E-state index contributed by atoms with van der Waals surface area (Å²) in [5.74, 6) is 0.718. The second kappa shape index (κ2) is 15.1. The maximum atomic E-state index is 12.9. The molecule has 2 amide bonds. The first-order valence-electron chi connectivity index (χ1n) is 15.5. The van der Waals surface area contributed by atoms with E-state index in [4.69, 9.17) is 10.1 Å². The first-order chi connectivity index (χ1) is 21.9. The molecule has 0 atom stereocenters. The van der Waals surface area contributed by atoms with Crippen LogP contribution in [0.5, 0.6) is 5.75 Å². The van der Waals surface area contributed by atoms with Crippen molar-refractivity contribution in [1.29, 1.82) is 5.41 Å². The number of hydrogen-bond donors (Lipinski definition) is 3. The van der Waals surface area contributed by atoms with Crippen molar-refractivity contribution in [3.05, 3.63) is 114 Å². The summed E-state index contributed by atoms with van der Waals surface area (Å²) >= 11 is 0. The number of urea groups is 1. The van der Waals surface area contributed by atoms with Crippen molar-refractivity contribution in [2.24, 2.45) is 0 Å². The average molecular weight is 641 g/mol. The van der Waals surface area contributed by atoms with E-state index in [1.54, 1.807) is 42.5 Å². The van der Waals surface area contributed by atoms with E-state index in [0.29, 0.717) is 36.8 Å². The Morgan fingerprint density at radius 1 is 0.870 bits per heavy atom. The lowest BCUT2D eigenvalue weighted by atomic mass is 9.87. The van der Waals surface area contributed by atoms with Gasteiger partial charge in [-0.1, -0.05) is 93.6 Å². The Labute approximate surface area is 273 Å². The van der Waals surface area contributed by atoms with E-state index >= 15 is 0 Å². The summed E-state index contributed by atoms with van der Waals surface area (Å²) in [5, 5.41) is 11.5. The van der Waals surface area contributed by atoms with Crippen LogP contribution >= 0.6 is 0 Å². The maximum Gasteiger partial charge on any atom is 0.323 e. The molecule has 4 aromatic rings. The lowest BCUT2D eigenvalue weighted by molar-refractivity contribution is 0.221. The molecule has 0 spiro atoms. The second-order valence-electron chi connectivity index (χ2n) is 12.2. The first kappa shape index (κ1) is 34.2. The molecule has 46 heavy (non-hydrogen) atoms. The Kier molecular flexibility index (Phi) is 11.2. The molecule has 0 aromatic heterocycles. The number of amidine groups is 1. The molecule has 9 heteroatoms. The fourth-order valence-corrected chi connectivity index (χ4v) is 6.16. The van der Waals surface area contributed by atoms with Gasteiger partial charge in [-0.3, -0.25) is 15.0 Å². The minimum Gasteiger partial charge on any atom is -0.495 e. The zero-order valence-electron chi connectivity index (χ0n) is 27.3. The van der Waals surface area contributed by atoms with Crippen LogP contribution in [0.25, 0.3) is 11.1 Å². The molecule has 0 aliphatic carbocycles. The number of amides is 2. The van der Waals surface area contributed by atoms with E-state index in [1.165, 1.54) is 17.6 Å². The molecule has 242 valence electrons. The average Bonchev–Trinajstić information content (AvgIpc) is 3.04. The predicted octanol–water partition coefficient (Wildman–Crippen LogP) is 7.99. The van der Waals surface area contributed by atoms with E-state index in [1.807, 2.05) is 49.4 Å². The van der Waals surface area contributed by atoms with Crippen molar-refractivity contribution in [2.45, 2.75) is 63.8 Å². The van der Waals surface area contributed by atoms with Crippen LogP contribution in [0.3, 0.4) is 0 Å². The number of carbonyl (C=O) groups excluding carboxylic acids is 1. The number of methoxy groups -OCH3 is 1. The number of hydrogen-bond acceptors (Lipinski definition) is 5. The number of rotatable bonds is 12. The molecule has 0 bridgehead atoms. The summed E-state index contributed by atoms with van der Waals surface area (Å²) in [6, 6.07) is 29.7. The molecular weight excluding hydrogens is 596 g/mol. The molecule has 0 heterocycles. The van der Waals surface area contributed by atoms with Crippen LogP contribution in [0.2, 0.25) is 0 Å². The largest absolute Gasteiger partial charge is 0.495 e. The van der Waals surface area contributed by atoms with Crippen LogP contribution in [-0.4, -0.2) is 38.8 Å². The topological polar surface area (TPSA) is 112 Å². The van der Waals surface area contributed by atoms with Crippen molar-refractivity contribution < 1.29 is 17.9 Å². The van der Waals surface area contributed by atoms with Gasteiger partial charge in [-0.2, -0.15) is 0 Å². The van der Waals surface area contributed by atoms with E-state index < -0.39 is 10.0 Å². The van der Waals surface area contributed by atoms with Gasteiger partial charge in [0, 0.05) is 19.5 Å². The number of sulfonamides is 1. The highest BCUT2D eigenvalue weighted by Crippen LogP contribution is 2.32. The number of anilines is 1. The Bertz CT molecular complexity index is 1730. The minimum atomic E-state index is -3.78. The number of carbonyl (C=O) groups is 1. The van der Waals surface area contributed by atoms with Crippen molar-refractivity contribution in [3.63, 3.8) is 0 Å². The zero-order chi connectivity index (χ0) is 33.3. The lowest BCUT2D eigenvalue weighted by Gasteiger charge is -2.22. The van der Waals surface area contributed by atoms with Crippen molar-refractivity contribution >= 4 is 27.6 Å². The van der Waals surface area contributed by atoms with Gasteiger partial charge in [-0.05, 0) is 77.3 Å². The van der Waals surface area contributed by atoms with E-state index in [2.05, 4.69) is 42.9 Å². The minimum absolute atomic E-state index is 0.0757. The van der Waals surface area contributed by atoms with Crippen molar-refractivity contribution in [3.8, 4) is 16.9 Å². The number of nitrogens with one attached hydrogen (secondary N) is 3. The summed E-state index contributed by atoms with van der Waals surface area (Å²) in [6.07, 6.45) is 1.96. The molecule has 0 aliphatic heterocycles. The van der Waals surface area contributed by atoms with Crippen LogP contribution in [0, 0.1) is 5.41 Å². The SMILES string of the molecule is CCN(C(=N)CCCc1ccc(-c2ccc(OC)c(NS(=O)(=O)c3ccccc3)c2)cc1)C(=O)NCc1ccc(C(C)(C)C)cc1. The fraction of sp³-hybridized carbons (Fsp3) is 0.297.